The number of morpholine rings is 1. The third-order valence-corrected chi connectivity index (χ3v) is 4.96. The highest BCUT2D eigenvalue weighted by molar-refractivity contribution is 7.81. The Morgan fingerprint density at radius 3 is 2.38 bits per heavy atom. The van der Waals surface area contributed by atoms with Crippen molar-refractivity contribution in [3.05, 3.63) is 58.7 Å². The second kappa shape index (κ2) is 12.8. The van der Waals surface area contributed by atoms with Crippen LogP contribution in [0.3, 0.4) is 0 Å². The first-order valence-electron chi connectivity index (χ1n) is 10.4. The molecule has 0 aromatic heterocycles. The predicted molar refractivity (Wildman–Crippen MR) is 120 cm³/mol. The summed E-state index contributed by atoms with van der Waals surface area (Å²) in [5, 5.41) is 8.61. The summed E-state index contributed by atoms with van der Waals surface area (Å²) in [5.41, 5.74) is 10.3. The minimum absolute atomic E-state index is 0.342. The van der Waals surface area contributed by atoms with Crippen LogP contribution in [0.2, 0.25) is 0 Å². The summed E-state index contributed by atoms with van der Waals surface area (Å²) in [6.45, 7) is 8.04. The van der Waals surface area contributed by atoms with E-state index in [1.54, 1.807) is 0 Å². The van der Waals surface area contributed by atoms with Crippen LogP contribution in [0.1, 0.15) is 30.6 Å². The molecule has 1 heterocycles. The largest absolute Gasteiger partial charge is 0.495 e. The molecule has 1 saturated heterocycles. The fourth-order valence-corrected chi connectivity index (χ4v) is 3.56. The molecule has 1 aliphatic heterocycles. The van der Waals surface area contributed by atoms with Crippen LogP contribution >= 0.6 is 0 Å². The van der Waals surface area contributed by atoms with Crippen LogP contribution in [-0.2, 0) is 24.6 Å². The van der Waals surface area contributed by atoms with Crippen molar-refractivity contribution in [3.8, 4) is 5.75 Å². The Hall–Kier alpha value is -3.38. The minimum atomic E-state index is -4.70. The summed E-state index contributed by atoms with van der Waals surface area (Å²) in [5.74, 6) is -0.336. The fourth-order valence-electron chi connectivity index (χ4n) is 3.18. The molecule has 0 unspecified atom stereocenters. The van der Waals surface area contributed by atoms with Crippen LogP contribution in [0, 0.1) is 0 Å². The van der Waals surface area contributed by atoms with E-state index < -0.39 is 22.1 Å². The molecule has 2 N–H and O–H groups in total. The van der Waals surface area contributed by atoms with Gasteiger partial charge in [0.1, 0.15) is 17.7 Å². The number of benzene rings is 1. The van der Waals surface area contributed by atoms with Crippen LogP contribution in [0.4, 0.5) is 0 Å². The van der Waals surface area contributed by atoms with E-state index in [-0.39, 0.29) is 5.56 Å². The molecular formula is C21H27N3O9S. The zero-order valence-electron chi connectivity index (χ0n) is 18.8. The molecule has 2 aliphatic rings. The topological polar surface area (TPSA) is 168 Å². The smallest absolute Gasteiger partial charge is 0.446 e. The van der Waals surface area contributed by atoms with Gasteiger partial charge >= 0.3 is 22.1 Å². The summed E-state index contributed by atoms with van der Waals surface area (Å²) in [7, 11) is -4.70. The number of carboxylic acids is 1. The summed E-state index contributed by atoms with van der Waals surface area (Å²) < 4.78 is 49.7. The van der Waals surface area contributed by atoms with E-state index in [4.69, 9.17) is 29.4 Å². The lowest BCUT2D eigenvalue weighted by molar-refractivity contribution is -0.0140. The quantitative estimate of drug-likeness (QED) is 0.308. The number of nitrogens with zero attached hydrogens (tertiary/aromatic N) is 3. The second-order valence-corrected chi connectivity index (χ2v) is 7.84. The Kier molecular flexibility index (Phi) is 10.1. The maximum Gasteiger partial charge on any atom is 0.446 e. The normalized spacial score (nSPS) is 16.0. The maximum absolute atomic E-state index is 10.6. The van der Waals surface area contributed by atoms with Crippen molar-refractivity contribution in [1.29, 1.82) is 0 Å². The lowest BCUT2D eigenvalue weighted by Crippen LogP contribution is -2.37. The molecule has 0 spiro atoms. The highest BCUT2D eigenvalue weighted by atomic mass is 32.3. The number of carbonyl (C=O) groups is 1. The predicted octanol–water partition coefficient (Wildman–Crippen LogP) is 2.13. The van der Waals surface area contributed by atoms with Gasteiger partial charge in [0.2, 0.25) is 5.76 Å². The van der Waals surface area contributed by atoms with Gasteiger partial charge in [0.15, 0.2) is 5.75 Å². The number of allylic oxidation sites excluding steroid dienone is 3. The SMILES string of the molecule is CCOC1=CC(N2CCOCC2)=C(OCC)CC1=[N+]=[N-].O=C(O)c1ccccc1OS(=O)(=O)O. The van der Waals surface area contributed by atoms with Crippen molar-refractivity contribution >= 4 is 22.1 Å². The van der Waals surface area contributed by atoms with E-state index in [1.165, 1.54) is 12.1 Å². The number of rotatable bonds is 8. The third kappa shape index (κ3) is 7.89. The fraction of sp³-hybridized carbons (Fsp3) is 0.429. The van der Waals surface area contributed by atoms with Crippen molar-refractivity contribution in [1.82, 2.24) is 4.90 Å². The number of hydrogen-bond donors (Lipinski definition) is 2. The molecule has 3 rings (SSSR count). The van der Waals surface area contributed by atoms with Gasteiger partial charge in [-0.25, -0.2) is 4.79 Å². The average Bonchev–Trinajstić information content (AvgIpc) is 2.80. The summed E-state index contributed by atoms with van der Waals surface area (Å²) in [4.78, 5) is 16.1. The van der Waals surface area contributed by atoms with E-state index in [9.17, 15) is 13.2 Å². The molecule has 0 atom stereocenters. The zero-order chi connectivity index (χ0) is 25.1. The van der Waals surface area contributed by atoms with Gasteiger partial charge in [-0.05, 0) is 26.0 Å². The lowest BCUT2D eigenvalue weighted by Gasteiger charge is -2.32. The molecule has 0 bridgehead atoms. The number of ether oxygens (including phenoxy) is 3. The number of para-hydroxylation sites is 1. The molecule has 1 aromatic carbocycles. The van der Waals surface area contributed by atoms with Crippen molar-refractivity contribution in [2.75, 3.05) is 39.5 Å². The molecule has 186 valence electrons. The molecule has 13 heteroatoms. The van der Waals surface area contributed by atoms with Crippen molar-refractivity contribution in [2.24, 2.45) is 0 Å². The van der Waals surface area contributed by atoms with E-state index in [2.05, 4.69) is 13.9 Å². The van der Waals surface area contributed by atoms with Gasteiger partial charge in [-0.15, -0.1) is 0 Å². The summed E-state index contributed by atoms with van der Waals surface area (Å²) >= 11 is 0. The molecule has 1 fully saturated rings. The first-order valence-corrected chi connectivity index (χ1v) is 11.8. The monoisotopic (exact) mass is 497 g/mol. The molecule has 0 saturated carbocycles. The van der Waals surface area contributed by atoms with Crippen molar-refractivity contribution in [3.63, 3.8) is 0 Å². The Morgan fingerprint density at radius 1 is 1.18 bits per heavy atom. The Bertz CT molecular complexity index is 1090. The first-order chi connectivity index (χ1) is 16.2. The molecule has 1 aliphatic carbocycles. The van der Waals surface area contributed by atoms with Crippen molar-refractivity contribution in [2.45, 2.75) is 20.3 Å². The molecular weight excluding hydrogens is 470 g/mol. The Balaban J connectivity index is 0.000000257. The van der Waals surface area contributed by atoms with Crippen LogP contribution in [0.15, 0.2) is 47.6 Å². The molecule has 1 aromatic rings. The van der Waals surface area contributed by atoms with Gasteiger partial charge in [-0.3, -0.25) is 4.55 Å². The second-order valence-electron chi connectivity index (χ2n) is 6.82. The summed E-state index contributed by atoms with van der Waals surface area (Å²) in [6, 6.07) is 5.06. The molecule has 0 amide bonds. The van der Waals surface area contributed by atoms with Crippen LogP contribution in [0.25, 0.3) is 5.53 Å². The van der Waals surface area contributed by atoms with Gasteiger partial charge in [-0.1, -0.05) is 12.1 Å². The van der Waals surface area contributed by atoms with E-state index >= 15 is 0 Å². The zero-order valence-corrected chi connectivity index (χ0v) is 19.7. The summed E-state index contributed by atoms with van der Waals surface area (Å²) in [6.07, 6.45) is 2.35. The average molecular weight is 498 g/mol. The first kappa shape index (κ1) is 26.9. The van der Waals surface area contributed by atoms with Crippen LogP contribution in [0.5, 0.6) is 5.75 Å². The molecule has 0 radical (unpaired) electrons. The highest BCUT2D eigenvalue weighted by Crippen LogP contribution is 2.26. The van der Waals surface area contributed by atoms with Gasteiger partial charge < -0.3 is 33.9 Å². The van der Waals surface area contributed by atoms with E-state index in [0.717, 1.165) is 36.7 Å². The number of aromatic carboxylic acids is 1. The van der Waals surface area contributed by atoms with Gasteiger partial charge in [0, 0.05) is 19.2 Å². The van der Waals surface area contributed by atoms with Gasteiger partial charge in [-0.2, -0.15) is 13.2 Å². The van der Waals surface area contributed by atoms with Gasteiger partial charge in [0.25, 0.3) is 0 Å². The van der Waals surface area contributed by atoms with Crippen LogP contribution < -0.4 is 4.18 Å². The Morgan fingerprint density at radius 2 is 1.82 bits per heavy atom. The minimum Gasteiger partial charge on any atom is -0.495 e. The van der Waals surface area contributed by atoms with E-state index in [0.29, 0.717) is 44.3 Å². The maximum atomic E-state index is 10.6. The van der Waals surface area contributed by atoms with Crippen LogP contribution in [-0.4, -0.2) is 79.0 Å². The highest BCUT2D eigenvalue weighted by Gasteiger charge is 2.30. The molecule has 12 nitrogen and oxygen atoms in total. The molecule has 34 heavy (non-hydrogen) atoms. The van der Waals surface area contributed by atoms with Gasteiger partial charge in [0.05, 0.1) is 32.1 Å². The van der Waals surface area contributed by atoms with E-state index in [1.807, 2.05) is 19.9 Å². The Labute approximate surface area is 197 Å². The lowest BCUT2D eigenvalue weighted by atomic mass is 10.0. The van der Waals surface area contributed by atoms with Crippen molar-refractivity contribution < 1.29 is 46.1 Å². The number of hydrogen-bond acceptors (Lipinski definition) is 8. The standard InChI is InChI=1S/C14H21N3O3.C7H6O6S/c1-3-19-13-10-12(17-5-7-18-8-6-17)14(20-4-2)9-11(13)16-15;8-7(9)5-3-1-2-4-6(5)13-14(10,11)12/h10H,3-9H2,1-2H3;1-4H,(H,8,9)(H,10,11,12). The third-order valence-electron chi connectivity index (χ3n) is 4.57. The number of carboxylic acid groups (broad SMARTS) is 1.